The molecule has 0 bridgehead atoms. The van der Waals surface area contributed by atoms with Crippen LogP contribution in [0.2, 0.25) is 0 Å². The van der Waals surface area contributed by atoms with Crippen molar-refractivity contribution in [2.24, 2.45) is 0 Å². The number of para-hydroxylation sites is 1. The fourth-order valence-electron chi connectivity index (χ4n) is 1.55. The Hall–Kier alpha value is -1.28. The van der Waals surface area contributed by atoms with Crippen molar-refractivity contribution in [3.05, 3.63) is 30.0 Å². The van der Waals surface area contributed by atoms with Gasteiger partial charge in [0.1, 0.15) is 13.5 Å². The van der Waals surface area contributed by atoms with Gasteiger partial charge < -0.3 is 9.51 Å². The molecule has 0 aliphatic carbocycles. The van der Waals surface area contributed by atoms with Crippen LogP contribution in [0.1, 0.15) is 10.5 Å². The average molecular weight is 205 g/mol. The van der Waals surface area contributed by atoms with E-state index in [1.54, 1.807) is 0 Å². The van der Waals surface area contributed by atoms with Crippen molar-refractivity contribution in [1.29, 1.82) is 0 Å². The third kappa shape index (κ3) is 1.32. The van der Waals surface area contributed by atoms with E-state index in [4.69, 9.17) is 0 Å². The standard InChI is InChI=1S/C9H9BNO2P/c10-7-5-3-1-2-4-6(5)11-8(7)9(12)13-14/h1-4,11H,10,14H2. The van der Waals surface area contributed by atoms with Gasteiger partial charge in [-0.25, -0.2) is 4.79 Å². The van der Waals surface area contributed by atoms with E-state index in [-0.39, 0.29) is 5.97 Å². The quantitative estimate of drug-likeness (QED) is 0.539. The van der Waals surface area contributed by atoms with Crippen LogP contribution in [0.25, 0.3) is 10.9 Å². The minimum atomic E-state index is -0.358. The number of hydrogen-bond donors (Lipinski definition) is 1. The zero-order valence-electron chi connectivity index (χ0n) is 7.70. The lowest BCUT2D eigenvalue weighted by Gasteiger charge is -1.95. The highest BCUT2D eigenvalue weighted by Gasteiger charge is 2.13. The number of hydrogen-bond acceptors (Lipinski definition) is 2. The van der Waals surface area contributed by atoms with Crippen LogP contribution in [0.5, 0.6) is 0 Å². The van der Waals surface area contributed by atoms with Crippen LogP contribution in [0.4, 0.5) is 0 Å². The Morgan fingerprint density at radius 3 is 2.79 bits per heavy atom. The maximum Gasteiger partial charge on any atom is 0.356 e. The monoisotopic (exact) mass is 205 g/mol. The predicted molar refractivity (Wildman–Crippen MR) is 61.6 cm³/mol. The van der Waals surface area contributed by atoms with Crippen molar-refractivity contribution in [2.45, 2.75) is 0 Å². The molecule has 0 aliphatic rings. The Bertz CT molecular complexity index is 495. The van der Waals surface area contributed by atoms with Crippen LogP contribution < -0.4 is 5.46 Å². The van der Waals surface area contributed by atoms with Gasteiger partial charge in [0.25, 0.3) is 0 Å². The number of H-pyrrole nitrogens is 1. The molecule has 1 unspecified atom stereocenters. The lowest BCUT2D eigenvalue weighted by Crippen LogP contribution is -2.13. The van der Waals surface area contributed by atoms with Crippen molar-refractivity contribution in [3.63, 3.8) is 0 Å². The number of carbonyl (C=O) groups excluding carboxylic acids is 1. The van der Waals surface area contributed by atoms with E-state index in [0.29, 0.717) is 5.69 Å². The maximum absolute atomic E-state index is 11.3. The fraction of sp³-hybridized carbons (Fsp3) is 0. The Kier molecular flexibility index (Phi) is 2.30. The summed E-state index contributed by atoms with van der Waals surface area (Å²) in [5, 5.41) is 1.05. The molecule has 70 valence electrons. The summed E-state index contributed by atoms with van der Waals surface area (Å²) < 4.78 is 4.59. The molecule has 5 heteroatoms. The number of rotatable bonds is 1. The van der Waals surface area contributed by atoms with Crippen LogP contribution >= 0.6 is 9.47 Å². The Labute approximate surface area is 84.5 Å². The first-order chi connectivity index (χ1) is 6.74. The van der Waals surface area contributed by atoms with E-state index in [0.717, 1.165) is 16.4 Å². The molecule has 0 radical (unpaired) electrons. The molecular weight excluding hydrogens is 196 g/mol. The minimum Gasteiger partial charge on any atom is -0.447 e. The van der Waals surface area contributed by atoms with E-state index in [1.165, 1.54) is 0 Å². The highest BCUT2D eigenvalue weighted by molar-refractivity contribution is 7.10. The van der Waals surface area contributed by atoms with Crippen molar-refractivity contribution in [1.82, 2.24) is 4.98 Å². The molecule has 14 heavy (non-hydrogen) atoms. The van der Waals surface area contributed by atoms with E-state index >= 15 is 0 Å². The molecule has 3 nitrogen and oxygen atoms in total. The van der Waals surface area contributed by atoms with E-state index in [1.807, 2.05) is 41.6 Å². The fourth-order valence-corrected chi connectivity index (χ4v) is 1.66. The highest BCUT2D eigenvalue weighted by atomic mass is 31.0. The topological polar surface area (TPSA) is 42.1 Å². The van der Waals surface area contributed by atoms with Crippen molar-refractivity contribution in [3.8, 4) is 0 Å². The third-order valence-electron chi connectivity index (χ3n) is 2.28. The molecule has 0 saturated heterocycles. The van der Waals surface area contributed by atoms with Gasteiger partial charge in [0.15, 0.2) is 0 Å². The average Bonchev–Trinajstić information content (AvgIpc) is 2.56. The molecule has 2 rings (SSSR count). The second-order valence-electron chi connectivity index (χ2n) is 3.08. The molecule has 1 aromatic carbocycles. The number of carbonyl (C=O) groups is 1. The van der Waals surface area contributed by atoms with Crippen LogP contribution in [0, 0.1) is 0 Å². The lowest BCUT2D eigenvalue weighted by atomic mass is 9.92. The van der Waals surface area contributed by atoms with Crippen molar-refractivity contribution >= 4 is 39.6 Å². The van der Waals surface area contributed by atoms with Gasteiger partial charge in [-0.3, -0.25) is 0 Å². The molecule has 1 aromatic heterocycles. The Morgan fingerprint density at radius 1 is 1.43 bits per heavy atom. The molecule has 1 heterocycles. The van der Waals surface area contributed by atoms with Gasteiger partial charge in [0.05, 0.1) is 9.47 Å². The van der Waals surface area contributed by atoms with Crippen molar-refractivity contribution in [2.75, 3.05) is 0 Å². The highest BCUT2D eigenvalue weighted by Crippen LogP contribution is 2.12. The molecule has 0 saturated carbocycles. The van der Waals surface area contributed by atoms with E-state index in [9.17, 15) is 4.79 Å². The zero-order valence-corrected chi connectivity index (χ0v) is 8.86. The smallest absolute Gasteiger partial charge is 0.356 e. The normalized spacial score (nSPS) is 10.4. The second kappa shape index (κ2) is 3.47. The van der Waals surface area contributed by atoms with Crippen LogP contribution in [-0.2, 0) is 4.52 Å². The minimum absolute atomic E-state index is 0.358. The summed E-state index contributed by atoms with van der Waals surface area (Å²) in [5.74, 6) is -0.358. The number of nitrogens with one attached hydrogen (secondary N) is 1. The van der Waals surface area contributed by atoms with Crippen LogP contribution in [-0.4, -0.2) is 18.8 Å². The SMILES string of the molecule is Bc1c(C(=O)OP)[nH]c2ccccc12. The molecule has 1 N–H and O–H groups in total. The third-order valence-corrected chi connectivity index (χ3v) is 2.49. The molecule has 2 aromatic rings. The van der Waals surface area contributed by atoms with Gasteiger partial charge in [-0.1, -0.05) is 18.2 Å². The Balaban J connectivity index is 2.68. The van der Waals surface area contributed by atoms with E-state index < -0.39 is 0 Å². The second-order valence-corrected chi connectivity index (χ2v) is 3.31. The molecule has 1 atom stereocenters. The first kappa shape index (κ1) is 9.29. The van der Waals surface area contributed by atoms with Crippen LogP contribution in [0.3, 0.4) is 0 Å². The molecule has 0 spiro atoms. The van der Waals surface area contributed by atoms with E-state index in [2.05, 4.69) is 9.51 Å². The van der Waals surface area contributed by atoms with Crippen LogP contribution in [0.15, 0.2) is 24.3 Å². The van der Waals surface area contributed by atoms with Gasteiger partial charge in [0.2, 0.25) is 0 Å². The van der Waals surface area contributed by atoms with Gasteiger partial charge in [-0.2, -0.15) is 0 Å². The van der Waals surface area contributed by atoms with Gasteiger partial charge in [-0.05, 0) is 16.9 Å². The zero-order chi connectivity index (χ0) is 10.1. The summed E-state index contributed by atoms with van der Waals surface area (Å²) in [4.78, 5) is 14.4. The number of benzene rings is 1. The summed E-state index contributed by atoms with van der Waals surface area (Å²) in [6.45, 7) is 0. The number of fused-ring (bicyclic) bond motifs is 1. The van der Waals surface area contributed by atoms with Gasteiger partial charge >= 0.3 is 5.97 Å². The summed E-state index contributed by atoms with van der Waals surface area (Å²) in [7, 11) is 3.85. The first-order valence-electron chi connectivity index (χ1n) is 4.22. The summed E-state index contributed by atoms with van der Waals surface area (Å²) in [6.07, 6.45) is 0. The molecule has 0 aliphatic heterocycles. The van der Waals surface area contributed by atoms with Gasteiger partial charge in [0, 0.05) is 5.52 Å². The molecule has 0 fully saturated rings. The lowest BCUT2D eigenvalue weighted by molar-refractivity contribution is 0.0762. The Morgan fingerprint density at radius 2 is 2.14 bits per heavy atom. The van der Waals surface area contributed by atoms with Gasteiger partial charge in [-0.15, -0.1) is 0 Å². The largest absolute Gasteiger partial charge is 0.447 e. The number of aromatic nitrogens is 1. The first-order valence-corrected chi connectivity index (χ1v) is 4.69. The number of aromatic amines is 1. The molecular formula is C9H9BNO2P. The predicted octanol–water partition coefficient (Wildman–Crippen LogP) is 0.373. The molecule has 0 amide bonds. The summed E-state index contributed by atoms with van der Waals surface area (Å²) in [5.41, 5.74) is 2.39. The maximum atomic E-state index is 11.3. The summed E-state index contributed by atoms with van der Waals surface area (Å²) >= 11 is 0. The van der Waals surface area contributed by atoms with Crippen molar-refractivity contribution < 1.29 is 9.32 Å². The summed E-state index contributed by atoms with van der Waals surface area (Å²) in [6, 6.07) is 7.77.